The molecule has 0 radical (unpaired) electrons. The second-order valence-electron chi connectivity index (χ2n) is 7.08. The van der Waals surface area contributed by atoms with Crippen LogP contribution in [0.25, 0.3) is 11.2 Å². The Morgan fingerprint density at radius 3 is 2.56 bits per heavy atom. The van der Waals surface area contributed by atoms with Crippen LogP contribution in [0.3, 0.4) is 0 Å². The molecule has 2 aromatic carbocycles. The number of aromatic amines is 1. The fourth-order valence-electron chi connectivity index (χ4n) is 3.07. The van der Waals surface area contributed by atoms with Crippen LogP contribution >= 0.6 is 0 Å². The lowest BCUT2D eigenvalue weighted by Gasteiger charge is -2.11. The highest BCUT2D eigenvalue weighted by atomic mass is 32.2. The zero-order valence-electron chi connectivity index (χ0n) is 17.1. The highest BCUT2D eigenvalue weighted by molar-refractivity contribution is 7.92. The summed E-state index contributed by atoms with van der Waals surface area (Å²) in [5, 5.41) is 15.2. The number of anilines is 4. The van der Waals surface area contributed by atoms with E-state index in [2.05, 4.69) is 41.4 Å². The maximum absolute atomic E-state index is 11.5. The zero-order valence-corrected chi connectivity index (χ0v) is 17.9. The Kier molecular flexibility index (Phi) is 5.87. The molecule has 0 fully saturated rings. The monoisotopic (exact) mass is 448 g/mol. The van der Waals surface area contributed by atoms with Gasteiger partial charge in [0, 0.05) is 12.2 Å². The Bertz CT molecular complexity index is 1390. The minimum Gasteiger partial charge on any atom is -0.364 e. The molecule has 0 aliphatic rings. The Morgan fingerprint density at radius 2 is 1.81 bits per heavy atom. The van der Waals surface area contributed by atoms with Gasteiger partial charge in [-0.2, -0.15) is 15.2 Å². The number of rotatable bonds is 8. The standard InChI is InChI=1S/C21H20N8O2S/c1-32(30,31)29-17-4-2-3-16(11-17)26-21-27-19(18-20(28-21)25-13-24-18)23-12-15-7-5-14(6-8-15)9-10-22/h2-8,11,13,29H,9,12H2,1H3,(H3,23,24,25,26,27,28). The number of nitrogens with one attached hydrogen (secondary N) is 4. The SMILES string of the molecule is CS(=O)(=O)Nc1cccc(Nc2nc(NCc3ccc(CC#N)cc3)c3nc[nH]c3n2)c1. The predicted octanol–water partition coefficient (Wildman–Crippen LogP) is 3.15. The molecule has 0 saturated heterocycles. The second-order valence-corrected chi connectivity index (χ2v) is 8.83. The number of aromatic nitrogens is 4. The van der Waals surface area contributed by atoms with Gasteiger partial charge in [0.05, 0.1) is 30.8 Å². The molecule has 0 bridgehead atoms. The minimum atomic E-state index is -3.38. The summed E-state index contributed by atoms with van der Waals surface area (Å²) in [6, 6.07) is 16.7. The van der Waals surface area contributed by atoms with E-state index in [4.69, 9.17) is 5.26 Å². The fraction of sp³-hybridized carbons (Fsp3) is 0.143. The van der Waals surface area contributed by atoms with E-state index in [0.29, 0.717) is 47.3 Å². The molecule has 0 unspecified atom stereocenters. The van der Waals surface area contributed by atoms with Crippen LogP contribution in [0.15, 0.2) is 54.9 Å². The molecule has 2 aromatic heterocycles. The van der Waals surface area contributed by atoms with Crippen LogP contribution in [-0.2, 0) is 23.0 Å². The number of fused-ring (bicyclic) bond motifs is 1. The number of imidazole rings is 1. The third-order valence-electron chi connectivity index (χ3n) is 4.47. The van der Waals surface area contributed by atoms with Gasteiger partial charge in [0.15, 0.2) is 11.5 Å². The molecular formula is C21H20N8O2S. The van der Waals surface area contributed by atoms with Crippen molar-refractivity contribution in [3.05, 3.63) is 66.0 Å². The van der Waals surface area contributed by atoms with Crippen LogP contribution in [0.5, 0.6) is 0 Å². The van der Waals surface area contributed by atoms with E-state index in [0.717, 1.165) is 17.4 Å². The topological polar surface area (TPSA) is 148 Å². The van der Waals surface area contributed by atoms with Crippen molar-refractivity contribution in [1.29, 1.82) is 5.26 Å². The van der Waals surface area contributed by atoms with E-state index in [1.165, 1.54) is 0 Å². The molecule has 10 nitrogen and oxygen atoms in total. The summed E-state index contributed by atoms with van der Waals surface area (Å²) < 4.78 is 25.4. The van der Waals surface area contributed by atoms with Gasteiger partial charge in [-0.15, -0.1) is 0 Å². The van der Waals surface area contributed by atoms with Crippen molar-refractivity contribution in [2.24, 2.45) is 0 Å². The Labute approximate surface area is 184 Å². The van der Waals surface area contributed by atoms with Crippen molar-refractivity contribution in [3.8, 4) is 6.07 Å². The fourth-order valence-corrected chi connectivity index (χ4v) is 3.63. The van der Waals surface area contributed by atoms with E-state index in [-0.39, 0.29) is 0 Å². The molecule has 0 spiro atoms. The lowest BCUT2D eigenvalue weighted by atomic mass is 10.1. The summed E-state index contributed by atoms with van der Waals surface area (Å²) in [7, 11) is -3.38. The van der Waals surface area contributed by atoms with Gasteiger partial charge in [-0.25, -0.2) is 13.4 Å². The normalized spacial score (nSPS) is 11.1. The molecule has 162 valence electrons. The summed E-state index contributed by atoms with van der Waals surface area (Å²) in [6.45, 7) is 0.513. The number of sulfonamides is 1. The third kappa shape index (κ3) is 5.30. The van der Waals surface area contributed by atoms with E-state index in [1.807, 2.05) is 24.3 Å². The molecule has 0 amide bonds. The first-order chi connectivity index (χ1) is 15.4. The number of benzene rings is 2. The van der Waals surface area contributed by atoms with Crippen LogP contribution in [0.1, 0.15) is 11.1 Å². The maximum atomic E-state index is 11.5. The van der Waals surface area contributed by atoms with Crippen LogP contribution in [0, 0.1) is 11.3 Å². The predicted molar refractivity (Wildman–Crippen MR) is 123 cm³/mol. The molecule has 0 saturated carbocycles. The molecule has 4 rings (SSSR count). The van der Waals surface area contributed by atoms with Crippen LogP contribution in [0.4, 0.5) is 23.1 Å². The summed E-state index contributed by atoms with van der Waals surface area (Å²) in [5.41, 5.74) is 4.20. The highest BCUT2D eigenvalue weighted by Gasteiger charge is 2.11. The summed E-state index contributed by atoms with van der Waals surface area (Å²) in [5.74, 6) is 0.871. The van der Waals surface area contributed by atoms with E-state index in [1.54, 1.807) is 30.6 Å². The molecule has 0 atom stereocenters. The van der Waals surface area contributed by atoms with Gasteiger partial charge in [0.1, 0.15) is 5.52 Å². The first-order valence-electron chi connectivity index (χ1n) is 9.64. The third-order valence-corrected chi connectivity index (χ3v) is 5.07. The summed E-state index contributed by atoms with van der Waals surface area (Å²) in [4.78, 5) is 16.2. The molecule has 11 heteroatoms. The average Bonchev–Trinajstić information content (AvgIpc) is 3.21. The second kappa shape index (κ2) is 8.91. The number of hydrogen-bond acceptors (Lipinski definition) is 8. The van der Waals surface area contributed by atoms with Crippen molar-refractivity contribution in [1.82, 2.24) is 19.9 Å². The van der Waals surface area contributed by atoms with E-state index >= 15 is 0 Å². The van der Waals surface area contributed by atoms with Gasteiger partial charge < -0.3 is 15.6 Å². The van der Waals surface area contributed by atoms with Gasteiger partial charge in [-0.05, 0) is 29.3 Å². The molecule has 2 heterocycles. The van der Waals surface area contributed by atoms with E-state index < -0.39 is 10.0 Å². The number of nitrogens with zero attached hydrogens (tertiary/aromatic N) is 4. The first-order valence-corrected chi connectivity index (χ1v) is 11.5. The van der Waals surface area contributed by atoms with Crippen LogP contribution in [-0.4, -0.2) is 34.6 Å². The average molecular weight is 449 g/mol. The Balaban J connectivity index is 1.54. The van der Waals surface area contributed by atoms with Gasteiger partial charge in [0.25, 0.3) is 0 Å². The molecule has 0 aliphatic carbocycles. The summed E-state index contributed by atoms with van der Waals surface area (Å²) in [6.07, 6.45) is 3.02. The largest absolute Gasteiger partial charge is 0.364 e. The highest BCUT2D eigenvalue weighted by Crippen LogP contribution is 2.23. The molecule has 32 heavy (non-hydrogen) atoms. The quantitative estimate of drug-likeness (QED) is 0.321. The number of hydrogen-bond donors (Lipinski definition) is 4. The van der Waals surface area contributed by atoms with Crippen molar-refractivity contribution in [3.63, 3.8) is 0 Å². The molecule has 4 N–H and O–H groups in total. The van der Waals surface area contributed by atoms with E-state index in [9.17, 15) is 8.42 Å². The lowest BCUT2D eigenvalue weighted by Crippen LogP contribution is -2.09. The molecular weight excluding hydrogens is 428 g/mol. The smallest absolute Gasteiger partial charge is 0.231 e. The van der Waals surface area contributed by atoms with Crippen molar-refractivity contribution < 1.29 is 8.42 Å². The van der Waals surface area contributed by atoms with Crippen molar-refractivity contribution in [2.75, 3.05) is 21.6 Å². The summed E-state index contributed by atoms with van der Waals surface area (Å²) >= 11 is 0. The van der Waals surface area contributed by atoms with Crippen molar-refractivity contribution in [2.45, 2.75) is 13.0 Å². The van der Waals surface area contributed by atoms with Crippen LogP contribution in [0.2, 0.25) is 0 Å². The van der Waals surface area contributed by atoms with Gasteiger partial charge >= 0.3 is 0 Å². The molecule has 0 aliphatic heterocycles. The van der Waals surface area contributed by atoms with Crippen LogP contribution < -0.4 is 15.4 Å². The number of nitriles is 1. The zero-order chi connectivity index (χ0) is 22.6. The Morgan fingerprint density at radius 1 is 1.06 bits per heavy atom. The first kappa shape index (κ1) is 21.1. The van der Waals surface area contributed by atoms with Crippen molar-refractivity contribution >= 4 is 44.3 Å². The van der Waals surface area contributed by atoms with Gasteiger partial charge in [0.2, 0.25) is 16.0 Å². The van der Waals surface area contributed by atoms with Gasteiger partial charge in [-0.1, -0.05) is 30.3 Å². The lowest BCUT2D eigenvalue weighted by molar-refractivity contribution is 0.607. The minimum absolute atomic E-state index is 0.324. The Hall–Kier alpha value is -4.17. The molecule has 4 aromatic rings. The maximum Gasteiger partial charge on any atom is 0.231 e. The number of H-pyrrole nitrogens is 1. The van der Waals surface area contributed by atoms with Gasteiger partial charge in [-0.3, -0.25) is 4.72 Å².